The first kappa shape index (κ1) is 21.5. The number of rotatable bonds is 5. The van der Waals surface area contributed by atoms with Crippen LogP contribution in [0.1, 0.15) is 48.0 Å². The van der Waals surface area contributed by atoms with Gasteiger partial charge in [-0.3, -0.25) is 19.7 Å². The summed E-state index contributed by atoms with van der Waals surface area (Å²) in [6.45, 7) is 1.88. The van der Waals surface area contributed by atoms with Crippen LogP contribution in [0.2, 0.25) is 0 Å². The highest BCUT2D eigenvalue weighted by Gasteiger charge is 2.37. The third-order valence-electron chi connectivity index (χ3n) is 5.83. The van der Waals surface area contributed by atoms with Gasteiger partial charge in [0.2, 0.25) is 6.10 Å². The predicted molar refractivity (Wildman–Crippen MR) is 120 cm³/mol. The lowest BCUT2D eigenvalue weighted by molar-refractivity contribution is -0.384. The molecule has 2 aromatic carbocycles. The Bertz CT molecular complexity index is 1070. The van der Waals surface area contributed by atoms with Crippen LogP contribution in [0, 0.1) is 17.0 Å². The Balaban J connectivity index is 1.61. The summed E-state index contributed by atoms with van der Waals surface area (Å²) in [5.74, 6) is -0.238. The highest BCUT2D eigenvalue weighted by atomic mass is 16.6. The first-order valence-electron chi connectivity index (χ1n) is 10.8. The largest absolute Gasteiger partial charge is 0.475 e. The minimum absolute atomic E-state index is 0.0329. The van der Waals surface area contributed by atoms with Crippen molar-refractivity contribution in [2.75, 3.05) is 5.32 Å². The number of carbonyl (C=O) groups excluding carboxylic acids is 2. The number of carbonyl (C=O) groups is 2. The number of aryl methyl sites for hydroxylation is 1. The normalized spacial score (nSPS) is 19.7. The summed E-state index contributed by atoms with van der Waals surface area (Å²) in [7, 11) is 0. The molecular weight excluding hydrogens is 410 g/mol. The number of hydrogen-bond acceptors (Lipinski definition) is 6. The van der Waals surface area contributed by atoms with Crippen molar-refractivity contribution >= 4 is 23.1 Å². The molecule has 0 aromatic heterocycles. The lowest BCUT2D eigenvalue weighted by atomic mass is 9.92. The van der Waals surface area contributed by atoms with Gasteiger partial charge < -0.3 is 15.4 Å². The molecule has 0 saturated heterocycles. The van der Waals surface area contributed by atoms with Crippen molar-refractivity contribution in [1.82, 2.24) is 5.32 Å². The van der Waals surface area contributed by atoms with Gasteiger partial charge in [0.05, 0.1) is 16.1 Å². The number of benzene rings is 2. The zero-order valence-corrected chi connectivity index (χ0v) is 17.8. The van der Waals surface area contributed by atoms with E-state index in [9.17, 15) is 19.7 Å². The number of ketones is 1. The van der Waals surface area contributed by atoms with Gasteiger partial charge in [0.1, 0.15) is 5.75 Å². The summed E-state index contributed by atoms with van der Waals surface area (Å²) >= 11 is 0. The number of nitrogens with one attached hydrogen (secondary N) is 2. The summed E-state index contributed by atoms with van der Waals surface area (Å²) in [5, 5.41) is 16.9. The van der Waals surface area contributed by atoms with E-state index in [1.807, 2.05) is 13.0 Å². The highest BCUT2D eigenvalue weighted by Crippen LogP contribution is 2.32. The predicted octanol–water partition coefficient (Wildman–Crippen LogP) is 4.29. The number of non-ortho nitro benzene ring substituents is 1. The number of nitrogens with zero attached hydrogens (tertiary/aromatic N) is 1. The van der Waals surface area contributed by atoms with Crippen molar-refractivity contribution in [2.45, 2.75) is 51.2 Å². The number of ether oxygens (including phenoxy) is 1. The standard InChI is InChI=1S/C24H25N3O5/c1-15-7-12-21-19(13-15)22(28)20(14-25-16-8-10-18(11-9-16)27(30)31)23(32-21)24(29)26-17-5-3-2-4-6-17/h7-14,17,23,25H,2-6H2,1H3,(H,26,29)/b20-14+. The van der Waals surface area contributed by atoms with E-state index in [2.05, 4.69) is 10.6 Å². The molecule has 1 saturated carbocycles. The van der Waals surface area contributed by atoms with Crippen LogP contribution in [0.5, 0.6) is 5.75 Å². The number of Topliss-reactive ketones (excluding diaryl/α,β-unsaturated/α-hetero) is 1. The molecular formula is C24H25N3O5. The van der Waals surface area contributed by atoms with E-state index >= 15 is 0 Å². The molecule has 0 spiro atoms. The van der Waals surface area contributed by atoms with E-state index in [0.717, 1.165) is 31.2 Å². The Morgan fingerprint density at radius 2 is 1.84 bits per heavy atom. The van der Waals surface area contributed by atoms with E-state index in [4.69, 9.17) is 4.74 Å². The van der Waals surface area contributed by atoms with Gasteiger partial charge in [-0.1, -0.05) is 30.9 Å². The van der Waals surface area contributed by atoms with Crippen molar-refractivity contribution in [3.63, 3.8) is 0 Å². The molecule has 0 bridgehead atoms. The third-order valence-corrected chi connectivity index (χ3v) is 5.83. The van der Waals surface area contributed by atoms with E-state index in [0.29, 0.717) is 17.0 Å². The third kappa shape index (κ3) is 4.64. The molecule has 2 aliphatic rings. The second-order valence-electron chi connectivity index (χ2n) is 8.22. The molecule has 1 amide bonds. The van der Waals surface area contributed by atoms with Gasteiger partial charge in [-0.15, -0.1) is 0 Å². The Hall–Kier alpha value is -3.68. The molecule has 32 heavy (non-hydrogen) atoms. The van der Waals surface area contributed by atoms with E-state index in [-0.39, 0.29) is 29.0 Å². The van der Waals surface area contributed by atoms with Crippen LogP contribution < -0.4 is 15.4 Å². The first-order valence-corrected chi connectivity index (χ1v) is 10.8. The van der Waals surface area contributed by atoms with Crippen molar-refractivity contribution in [1.29, 1.82) is 0 Å². The number of nitro benzene ring substituents is 1. The minimum Gasteiger partial charge on any atom is -0.475 e. The Kier molecular flexibility index (Phi) is 6.20. The minimum atomic E-state index is -1.08. The maximum atomic E-state index is 13.3. The first-order chi connectivity index (χ1) is 15.4. The SMILES string of the molecule is Cc1ccc2c(c1)C(=O)/C(=C\Nc1ccc([N+](=O)[O-])cc1)C(C(=O)NC1CCCCC1)O2. The quantitative estimate of drug-likeness (QED) is 0.412. The van der Waals surface area contributed by atoms with Crippen LogP contribution in [0.15, 0.2) is 54.2 Å². The molecule has 1 unspecified atom stereocenters. The fourth-order valence-corrected chi connectivity index (χ4v) is 4.09. The molecule has 166 valence electrons. The lowest BCUT2D eigenvalue weighted by Crippen LogP contribution is -2.48. The molecule has 1 atom stereocenters. The van der Waals surface area contributed by atoms with Gasteiger partial charge in [-0.05, 0) is 44.0 Å². The number of nitro groups is 1. The zero-order chi connectivity index (χ0) is 22.7. The highest BCUT2D eigenvalue weighted by molar-refractivity contribution is 6.15. The van der Waals surface area contributed by atoms with Crippen LogP contribution in [0.3, 0.4) is 0 Å². The average molecular weight is 435 g/mol. The average Bonchev–Trinajstić information content (AvgIpc) is 2.79. The number of hydrogen-bond donors (Lipinski definition) is 2. The summed E-state index contributed by atoms with van der Waals surface area (Å²) in [6.07, 6.45) is 5.53. The number of anilines is 1. The molecule has 1 aliphatic heterocycles. The molecule has 1 aliphatic carbocycles. The fraction of sp³-hybridized carbons (Fsp3) is 0.333. The molecule has 1 heterocycles. The lowest BCUT2D eigenvalue weighted by Gasteiger charge is -2.30. The van der Waals surface area contributed by atoms with Gasteiger partial charge >= 0.3 is 0 Å². The van der Waals surface area contributed by atoms with Crippen LogP contribution in [-0.4, -0.2) is 28.8 Å². The van der Waals surface area contributed by atoms with Crippen molar-refractivity contribution < 1.29 is 19.2 Å². The summed E-state index contributed by atoms with van der Waals surface area (Å²) in [5.41, 5.74) is 2.03. The smallest absolute Gasteiger partial charge is 0.269 e. The van der Waals surface area contributed by atoms with Gasteiger partial charge in [0.15, 0.2) is 5.78 Å². The van der Waals surface area contributed by atoms with Crippen molar-refractivity contribution in [2.24, 2.45) is 0 Å². The Morgan fingerprint density at radius 1 is 1.12 bits per heavy atom. The zero-order valence-electron chi connectivity index (χ0n) is 17.8. The second-order valence-corrected chi connectivity index (χ2v) is 8.22. The van der Waals surface area contributed by atoms with Crippen LogP contribution in [0.4, 0.5) is 11.4 Å². The molecule has 2 N–H and O–H groups in total. The topological polar surface area (TPSA) is 111 Å². The summed E-state index contributed by atoms with van der Waals surface area (Å²) in [6, 6.07) is 11.2. The van der Waals surface area contributed by atoms with Crippen molar-refractivity contribution in [3.8, 4) is 5.75 Å². The number of fused-ring (bicyclic) bond motifs is 1. The Labute approximate surface area is 185 Å². The van der Waals surface area contributed by atoms with E-state index in [1.165, 1.54) is 24.8 Å². The van der Waals surface area contributed by atoms with Gasteiger partial charge in [-0.25, -0.2) is 0 Å². The molecule has 4 rings (SSSR count). The summed E-state index contributed by atoms with van der Waals surface area (Å²) < 4.78 is 5.98. The summed E-state index contributed by atoms with van der Waals surface area (Å²) in [4.78, 5) is 36.8. The van der Waals surface area contributed by atoms with E-state index < -0.39 is 11.0 Å². The maximum absolute atomic E-state index is 13.3. The molecule has 0 radical (unpaired) electrons. The number of amides is 1. The van der Waals surface area contributed by atoms with Gasteiger partial charge in [0.25, 0.3) is 11.6 Å². The van der Waals surface area contributed by atoms with Gasteiger partial charge in [-0.2, -0.15) is 0 Å². The van der Waals surface area contributed by atoms with Crippen LogP contribution in [-0.2, 0) is 4.79 Å². The molecule has 8 nitrogen and oxygen atoms in total. The van der Waals surface area contributed by atoms with Crippen molar-refractivity contribution in [3.05, 3.63) is 75.5 Å². The van der Waals surface area contributed by atoms with Crippen LogP contribution >= 0.6 is 0 Å². The molecule has 8 heteroatoms. The molecule has 2 aromatic rings. The fourth-order valence-electron chi connectivity index (χ4n) is 4.09. The Morgan fingerprint density at radius 3 is 2.53 bits per heavy atom. The monoisotopic (exact) mass is 435 g/mol. The van der Waals surface area contributed by atoms with E-state index in [1.54, 1.807) is 24.3 Å². The maximum Gasteiger partial charge on any atom is 0.269 e. The van der Waals surface area contributed by atoms with Crippen LogP contribution in [0.25, 0.3) is 0 Å². The van der Waals surface area contributed by atoms with Gasteiger partial charge in [0, 0.05) is 30.1 Å². The second kappa shape index (κ2) is 9.21. The molecule has 1 fully saturated rings.